The van der Waals surface area contributed by atoms with E-state index in [0.29, 0.717) is 24.4 Å². The third kappa shape index (κ3) is 5.94. The third-order valence-corrected chi connectivity index (χ3v) is 7.03. The molecular weight excluding hydrogens is 312 g/mol. The van der Waals surface area contributed by atoms with Gasteiger partial charge in [0.05, 0.1) is 24.4 Å². The molecule has 6 atom stereocenters. The van der Waals surface area contributed by atoms with Crippen molar-refractivity contribution in [3.8, 4) is 0 Å². The molecule has 4 aliphatic rings. The molecule has 2 heterocycles. The molecule has 2 aliphatic heterocycles. The molecule has 3 heteroatoms. The second-order valence-corrected chi connectivity index (χ2v) is 9.10. The fourth-order valence-electron chi connectivity index (χ4n) is 5.23. The lowest BCUT2D eigenvalue weighted by molar-refractivity contribution is 0.125. The zero-order chi connectivity index (χ0) is 16.9. The van der Waals surface area contributed by atoms with Gasteiger partial charge >= 0.3 is 0 Å². The first-order valence-corrected chi connectivity index (χ1v) is 11.3. The molecule has 0 bridgehead atoms. The van der Waals surface area contributed by atoms with Gasteiger partial charge in [-0.3, -0.25) is 0 Å². The van der Waals surface area contributed by atoms with Crippen LogP contribution in [0.3, 0.4) is 0 Å². The Balaban J connectivity index is 0.889. The molecule has 0 aromatic heterocycles. The second kappa shape index (κ2) is 9.19. The van der Waals surface area contributed by atoms with Crippen molar-refractivity contribution in [3.05, 3.63) is 0 Å². The molecule has 4 fully saturated rings. The summed E-state index contributed by atoms with van der Waals surface area (Å²) < 4.78 is 17.1. The van der Waals surface area contributed by atoms with Crippen LogP contribution in [-0.4, -0.2) is 37.6 Å². The molecule has 2 saturated carbocycles. The van der Waals surface area contributed by atoms with Crippen LogP contribution in [0, 0.1) is 11.8 Å². The van der Waals surface area contributed by atoms with Crippen LogP contribution in [0.4, 0.5) is 0 Å². The first-order chi connectivity index (χ1) is 12.4. The van der Waals surface area contributed by atoms with Gasteiger partial charge in [-0.1, -0.05) is 38.5 Å². The molecule has 4 rings (SSSR count). The van der Waals surface area contributed by atoms with Gasteiger partial charge in [0.2, 0.25) is 0 Å². The molecule has 2 aliphatic carbocycles. The average Bonchev–Trinajstić information content (AvgIpc) is 3.52. The quantitative estimate of drug-likeness (QED) is 0.356. The number of unbranched alkanes of at least 4 members (excludes halogenated alkanes) is 4. The molecule has 0 aromatic carbocycles. The van der Waals surface area contributed by atoms with Gasteiger partial charge in [-0.2, -0.15) is 0 Å². The Hall–Kier alpha value is -0.120. The van der Waals surface area contributed by atoms with E-state index in [1.807, 2.05) is 0 Å². The summed E-state index contributed by atoms with van der Waals surface area (Å²) in [5, 5.41) is 0. The van der Waals surface area contributed by atoms with E-state index in [4.69, 9.17) is 14.2 Å². The van der Waals surface area contributed by atoms with Crippen molar-refractivity contribution in [2.24, 2.45) is 11.8 Å². The molecule has 0 N–H and O–H groups in total. The van der Waals surface area contributed by atoms with E-state index in [1.54, 1.807) is 0 Å². The molecule has 0 radical (unpaired) electrons. The fraction of sp³-hybridized carbons (Fsp3) is 1.00. The monoisotopic (exact) mass is 350 g/mol. The predicted octanol–water partition coefficient (Wildman–Crippen LogP) is 5.26. The standard InChI is InChI=1S/C22H38O3/c1(3-7-17-9-11-19-21(15-17)24-19)5-13-23-14-6-2-4-8-18-10-12-20-22(16-18)25-20/h17-22H,1-16H2. The molecule has 25 heavy (non-hydrogen) atoms. The average molecular weight is 351 g/mol. The number of hydrogen-bond donors (Lipinski definition) is 0. The van der Waals surface area contributed by atoms with Gasteiger partial charge in [0, 0.05) is 13.2 Å². The van der Waals surface area contributed by atoms with Gasteiger partial charge < -0.3 is 14.2 Å². The van der Waals surface area contributed by atoms with Crippen LogP contribution in [0.15, 0.2) is 0 Å². The topological polar surface area (TPSA) is 34.3 Å². The maximum absolute atomic E-state index is 5.83. The Labute approximate surface area is 154 Å². The molecule has 0 aromatic rings. The zero-order valence-electron chi connectivity index (χ0n) is 16.0. The first kappa shape index (κ1) is 18.3. The Bertz CT molecular complexity index is 363. The fourth-order valence-corrected chi connectivity index (χ4v) is 5.23. The third-order valence-electron chi connectivity index (χ3n) is 7.03. The number of hydrogen-bond acceptors (Lipinski definition) is 3. The highest BCUT2D eigenvalue weighted by Gasteiger charge is 2.44. The zero-order valence-corrected chi connectivity index (χ0v) is 16.0. The number of epoxide rings is 2. The maximum Gasteiger partial charge on any atom is 0.0844 e. The van der Waals surface area contributed by atoms with E-state index < -0.39 is 0 Å². The minimum absolute atomic E-state index is 0.652. The molecule has 2 saturated heterocycles. The van der Waals surface area contributed by atoms with Crippen LogP contribution in [0.5, 0.6) is 0 Å². The van der Waals surface area contributed by atoms with E-state index in [2.05, 4.69) is 0 Å². The van der Waals surface area contributed by atoms with Gasteiger partial charge in [-0.05, 0) is 63.2 Å². The highest BCUT2D eigenvalue weighted by molar-refractivity contribution is 4.92. The molecular formula is C22H38O3. The van der Waals surface area contributed by atoms with Crippen molar-refractivity contribution in [1.82, 2.24) is 0 Å². The maximum atomic E-state index is 5.83. The summed E-state index contributed by atoms with van der Waals surface area (Å²) in [4.78, 5) is 0. The summed E-state index contributed by atoms with van der Waals surface area (Å²) in [5.74, 6) is 1.90. The van der Waals surface area contributed by atoms with Crippen LogP contribution in [0.25, 0.3) is 0 Å². The number of fused-ring (bicyclic) bond motifs is 2. The summed E-state index contributed by atoms with van der Waals surface area (Å²) in [5.41, 5.74) is 0. The van der Waals surface area contributed by atoms with Crippen LogP contribution in [0.2, 0.25) is 0 Å². The van der Waals surface area contributed by atoms with Crippen molar-refractivity contribution in [2.45, 2.75) is 114 Å². The van der Waals surface area contributed by atoms with E-state index >= 15 is 0 Å². The van der Waals surface area contributed by atoms with E-state index in [-0.39, 0.29) is 0 Å². The number of rotatable bonds is 12. The van der Waals surface area contributed by atoms with Gasteiger partial charge in [-0.15, -0.1) is 0 Å². The second-order valence-electron chi connectivity index (χ2n) is 9.10. The van der Waals surface area contributed by atoms with E-state index in [0.717, 1.165) is 25.0 Å². The van der Waals surface area contributed by atoms with E-state index in [9.17, 15) is 0 Å². The van der Waals surface area contributed by atoms with Crippen molar-refractivity contribution < 1.29 is 14.2 Å². The van der Waals surface area contributed by atoms with Crippen LogP contribution >= 0.6 is 0 Å². The Morgan fingerprint density at radius 1 is 0.560 bits per heavy atom. The van der Waals surface area contributed by atoms with Crippen molar-refractivity contribution >= 4 is 0 Å². The van der Waals surface area contributed by atoms with Crippen LogP contribution < -0.4 is 0 Å². The van der Waals surface area contributed by atoms with Crippen LogP contribution in [0.1, 0.15) is 89.9 Å². The minimum Gasteiger partial charge on any atom is -0.381 e. The van der Waals surface area contributed by atoms with Gasteiger partial charge in [0.1, 0.15) is 0 Å². The number of ether oxygens (including phenoxy) is 3. The SMILES string of the molecule is C(CCOCCCCCC1CCC2OC2C1)CCC1CCC2OC2C1. The normalized spacial score (nSPS) is 38.9. The first-order valence-electron chi connectivity index (χ1n) is 11.3. The highest BCUT2D eigenvalue weighted by Crippen LogP contribution is 2.41. The lowest BCUT2D eigenvalue weighted by Crippen LogP contribution is -2.13. The summed E-state index contributed by atoms with van der Waals surface area (Å²) >= 11 is 0. The van der Waals surface area contributed by atoms with Crippen LogP contribution in [-0.2, 0) is 14.2 Å². The molecule has 3 nitrogen and oxygen atoms in total. The summed E-state index contributed by atoms with van der Waals surface area (Å²) in [6, 6.07) is 0. The minimum atomic E-state index is 0.652. The molecule has 6 unspecified atom stereocenters. The predicted molar refractivity (Wildman–Crippen MR) is 99.8 cm³/mol. The largest absolute Gasteiger partial charge is 0.381 e. The Kier molecular flexibility index (Phi) is 6.71. The smallest absolute Gasteiger partial charge is 0.0844 e. The van der Waals surface area contributed by atoms with Crippen molar-refractivity contribution in [1.29, 1.82) is 0 Å². The Morgan fingerprint density at radius 2 is 1.08 bits per heavy atom. The molecule has 144 valence electrons. The summed E-state index contributed by atoms with van der Waals surface area (Å²) in [7, 11) is 0. The van der Waals surface area contributed by atoms with Gasteiger partial charge in [-0.25, -0.2) is 0 Å². The lowest BCUT2D eigenvalue weighted by atomic mass is 9.85. The molecule has 0 amide bonds. The van der Waals surface area contributed by atoms with Gasteiger partial charge in [0.15, 0.2) is 0 Å². The summed E-state index contributed by atoms with van der Waals surface area (Å²) in [6.07, 6.45) is 21.6. The Morgan fingerprint density at radius 3 is 1.56 bits per heavy atom. The molecule has 0 spiro atoms. The van der Waals surface area contributed by atoms with E-state index in [1.165, 1.54) is 89.9 Å². The van der Waals surface area contributed by atoms with Gasteiger partial charge in [0.25, 0.3) is 0 Å². The highest BCUT2D eigenvalue weighted by atomic mass is 16.6. The van der Waals surface area contributed by atoms with Crippen molar-refractivity contribution in [3.63, 3.8) is 0 Å². The van der Waals surface area contributed by atoms with Crippen molar-refractivity contribution in [2.75, 3.05) is 13.2 Å². The summed E-state index contributed by atoms with van der Waals surface area (Å²) in [6.45, 7) is 1.95. The lowest BCUT2D eigenvalue weighted by Gasteiger charge is -2.18.